The monoisotopic (exact) mass is 439 g/mol. The van der Waals surface area contributed by atoms with E-state index in [-0.39, 0.29) is 6.04 Å². The van der Waals surface area contributed by atoms with Crippen LogP contribution in [0.2, 0.25) is 0 Å². The van der Waals surface area contributed by atoms with Gasteiger partial charge < -0.3 is 15.0 Å². The second-order valence-electron chi connectivity index (χ2n) is 8.94. The minimum absolute atomic E-state index is 0.101. The van der Waals surface area contributed by atoms with E-state index in [1.54, 1.807) is 7.11 Å². The highest BCUT2D eigenvalue weighted by atomic mass is 16.5. The van der Waals surface area contributed by atoms with Crippen molar-refractivity contribution in [3.63, 3.8) is 0 Å². The van der Waals surface area contributed by atoms with E-state index in [1.807, 2.05) is 12.3 Å². The number of aryl methyl sites for hydroxylation is 1. The molecule has 5 rings (SSSR count). The molecule has 0 aliphatic heterocycles. The van der Waals surface area contributed by atoms with E-state index in [0.717, 1.165) is 44.8 Å². The van der Waals surface area contributed by atoms with Crippen molar-refractivity contribution in [1.82, 2.24) is 25.5 Å². The van der Waals surface area contributed by atoms with Crippen molar-refractivity contribution in [3.05, 3.63) is 77.7 Å². The molecule has 6 heteroatoms. The number of methoxy groups -OCH3 is 1. The Labute approximate surface area is 193 Å². The van der Waals surface area contributed by atoms with Gasteiger partial charge >= 0.3 is 0 Å². The number of ether oxygens (including phenoxy) is 1. The predicted octanol–water partition coefficient (Wildman–Crippen LogP) is 5.91. The fourth-order valence-electron chi connectivity index (χ4n) is 4.36. The third-order valence-corrected chi connectivity index (χ3v) is 6.18. The first-order valence-electron chi connectivity index (χ1n) is 11.3. The van der Waals surface area contributed by atoms with Gasteiger partial charge in [-0.2, -0.15) is 5.10 Å². The van der Waals surface area contributed by atoms with Crippen LogP contribution < -0.4 is 10.1 Å². The molecule has 5 aromatic rings. The van der Waals surface area contributed by atoms with E-state index in [2.05, 4.69) is 89.8 Å². The number of hydrogen-bond donors (Lipinski definition) is 3. The van der Waals surface area contributed by atoms with Gasteiger partial charge in [-0.15, -0.1) is 0 Å². The Morgan fingerprint density at radius 3 is 2.64 bits per heavy atom. The molecule has 6 nitrogen and oxygen atoms in total. The number of H-pyrrole nitrogens is 2. The van der Waals surface area contributed by atoms with Gasteiger partial charge in [0, 0.05) is 17.7 Å². The number of rotatable bonds is 7. The van der Waals surface area contributed by atoms with E-state index in [9.17, 15) is 0 Å². The quantitative estimate of drug-likeness (QED) is 0.295. The van der Waals surface area contributed by atoms with E-state index in [0.29, 0.717) is 12.5 Å². The van der Waals surface area contributed by atoms with Crippen molar-refractivity contribution in [3.8, 4) is 17.0 Å². The number of nitrogens with zero attached hydrogens (tertiary/aromatic N) is 2. The van der Waals surface area contributed by atoms with Crippen LogP contribution >= 0.6 is 0 Å². The highest BCUT2D eigenvalue weighted by molar-refractivity contribution is 5.88. The molecule has 0 radical (unpaired) electrons. The van der Waals surface area contributed by atoms with E-state index in [1.165, 1.54) is 10.9 Å². The van der Waals surface area contributed by atoms with Crippen LogP contribution in [0.3, 0.4) is 0 Å². The number of hydrogen-bond acceptors (Lipinski definition) is 4. The second kappa shape index (κ2) is 8.71. The van der Waals surface area contributed by atoms with Crippen LogP contribution in [0, 0.1) is 12.8 Å². The van der Waals surface area contributed by atoms with Gasteiger partial charge in [-0.3, -0.25) is 5.10 Å². The molecule has 3 aromatic carbocycles. The second-order valence-corrected chi connectivity index (χ2v) is 8.94. The Morgan fingerprint density at radius 1 is 1.00 bits per heavy atom. The molecule has 0 bridgehead atoms. The molecule has 0 saturated heterocycles. The first-order chi connectivity index (χ1) is 16.0. The molecule has 168 valence electrons. The molecular weight excluding hydrogens is 410 g/mol. The average molecular weight is 440 g/mol. The standard InChI is InChI=1S/C27H29N5O/c1-16(2)25(27-30-23-10-5-17(3)11-24(23)31-27)28-14-21-15-29-32-26(21)20-7-6-19-13-22(33-4)9-8-18(19)12-20/h5-13,15-16,25,28H,14H2,1-4H3,(H,29,32)(H,30,31)/t25-/m0/s1. The van der Waals surface area contributed by atoms with Gasteiger partial charge in [-0.25, -0.2) is 4.98 Å². The summed E-state index contributed by atoms with van der Waals surface area (Å²) in [5.41, 5.74) is 6.57. The maximum absolute atomic E-state index is 5.35. The SMILES string of the molecule is COc1ccc2cc(-c3[nH]ncc3CN[C@H](c3nc4ccc(C)cc4[nH]3)C(C)C)ccc2c1. The zero-order valence-corrected chi connectivity index (χ0v) is 19.4. The zero-order chi connectivity index (χ0) is 22.9. The zero-order valence-electron chi connectivity index (χ0n) is 19.4. The predicted molar refractivity (Wildman–Crippen MR) is 133 cm³/mol. The lowest BCUT2D eigenvalue weighted by Gasteiger charge is -2.20. The normalized spacial score (nSPS) is 12.6. The molecule has 2 heterocycles. The van der Waals surface area contributed by atoms with Crippen LogP contribution in [0.4, 0.5) is 0 Å². The summed E-state index contributed by atoms with van der Waals surface area (Å²) in [5.74, 6) is 2.20. The number of aromatic amines is 2. The summed E-state index contributed by atoms with van der Waals surface area (Å²) < 4.78 is 5.35. The first kappa shape index (κ1) is 21.2. The van der Waals surface area contributed by atoms with Gasteiger partial charge in [0.05, 0.1) is 36.1 Å². The Balaban J connectivity index is 1.39. The largest absolute Gasteiger partial charge is 0.497 e. The summed E-state index contributed by atoms with van der Waals surface area (Å²) in [6, 6.07) is 19.0. The smallest absolute Gasteiger partial charge is 0.124 e. The third kappa shape index (κ3) is 4.22. The summed E-state index contributed by atoms with van der Waals surface area (Å²) >= 11 is 0. The molecule has 3 N–H and O–H groups in total. The maximum atomic E-state index is 5.35. The van der Waals surface area contributed by atoms with Crippen LogP contribution in [0.15, 0.2) is 60.8 Å². The van der Waals surface area contributed by atoms with Gasteiger partial charge in [-0.05, 0) is 59.5 Å². The summed E-state index contributed by atoms with van der Waals surface area (Å²) in [7, 11) is 1.69. The van der Waals surface area contributed by atoms with Crippen molar-refractivity contribution in [2.75, 3.05) is 7.11 Å². The molecule has 0 aliphatic carbocycles. The van der Waals surface area contributed by atoms with Crippen molar-refractivity contribution in [2.24, 2.45) is 5.92 Å². The van der Waals surface area contributed by atoms with E-state index in [4.69, 9.17) is 9.72 Å². The molecule has 2 aromatic heterocycles. The molecule has 0 spiro atoms. The van der Waals surface area contributed by atoms with Crippen LogP contribution in [-0.4, -0.2) is 27.3 Å². The van der Waals surface area contributed by atoms with E-state index >= 15 is 0 Å². The van der Waals surface area contributed by atoms with Gasteiger partial charge in [-0.1, -0.05) is 38.1 Å². The lowest BCUT2D eigenvalue weighted by atomic mass is 10.0. The molecule has 0 fully saturated rings. The Hall–Kier alpha value is -3.64. The first-order valence-corrected chi connectivity index (χ1v) is 11.3. The number of fused-ring (bicyclic) bond motifs is 2. The molecular formula is C27H29N5O. The molecule has 0 amide bonds. The minimum Gasteiger partial charge on any atom is -0.497 e. The topological polar surface area (TPSA) is 78.6 Å². The Morgan fingerprint density at radius 2 is 1.82 bits per heavy atom. The summed E-state index contributed by atoms with van der Waals surface area (Å²) in [5, 5.41) is 13.6. The van der Waals surface area contributed by atoms with Crippen LogP contribution in [0.5, 0.6) is 5.75 Å². The highest BCUT2D eigenvalue weighted by Crippen LogP contribution is 2.29. The maximum Gasteiger partial charge on any atom is 0.124 e. The number of aromatic nitrogens is 4. The fraction of sp³-hybridized carbons (Fsp3) is 0.259. The molecule has 0 unspecified atom stereocenters. The van der Waals surface area contributed by atoms with Crippen LogP contribution in [-0.2, 0) is 6.54 Å². The van der Waals surface area contributed by atoms with Gasteiger partial charge in [0.15, 0.2) is 0 Å². The number of nitrogens with one attached hydrogen (secondary N) is 3. The van der Waals surface area contributed by atoms with Crippen molar-refractivity contribution < 1.29 is 4.74 Å². The molecule has 0 aliphatic rings. The van der Waals surface area contributed by atoms with Gasteiger partial charge in [0.2, 0.25) is 0 Å². The van der Waals surface area contributed by atoms with Gasteiger partial charge in [0.25, 0.3) is 0 Å². The van der Waals surface area contributed by atoms with Crippen LogP contribution in [0.25, 0.3) is 33.1 Å². The fourth-order valence-corrected chi connectivity index (χ4v) is 4.36. The van der Waals surface area contributed by atoms with Crippen LogP contribution in [0.1, 0.15) is 36.8 Å². The third-order valence-electron chi connectivity index (χ3n) is 6.18. The van der Waals surface area contributed by atoms with Crippen molar-refractivity contribution in [1.29, 1.82) is 0 Å². The lowest BCUT2D eigenvalue weighted by Crippen LogP contribution is -2.26. The molecule has 1 atom stereocenters. The Bertz CT molecular complexity index is 1410. The number of imidazole rings is 1. The van der Waals surface area contributed by atoms with Crippen molar-refractivity contribution in [2.45, 2.75) is 33.4 Å². The average Bonchev–Trinajstić information content (AvgIpc) is 3.45. The Kier molecular flexibility index (Phi) is 5.60. The van der Waals surface area contributed by atoms with E-state index < -0.39 is 0 Å². The number of benzene rings is 3. The molecule has 33 heavy (non-hydrogen) atoms. The highest BCUT2D eigenvalue weighted by Gasteiger charge is 2.20. The van der Waals surface area contributed by atoms with Crippen molar-refractivity contribution >= 4 is 21.8 Å². The molecule has 0 saturated carbocycles. The summed E-state index contributed by atoms with van der Waals surface area (Å²) in [4.78, 5) is 8.37. The summed E-state index contributed by atoms with van der Waals surface area (Å²) in [6.07, 6.45) is 1.90. The summed E-state index contributed by atoms with van der Waals surface area (Å²) in [6.45, 7) is 7.21. The van der Waals surface area contributed by atoms with Gasteiger partial charge in [0.1, 0.15) is 11.6 Å². The lowest BCUT2D eigenvalue weighted by molar-refractivity contribution is 0.396. The minimum atomic E-state index is 0.101.